The van der Waals surface area contributed by atoms with Crippen LogP contribution in [0.2, 0.25) is 0 Å². The highest BCUT2D eigenvalue weighted by molar-refractivity contribution is 5.67. The number of rotatable bonds is 1. The third-order valence-electron chi connectivity index (χ3n) is 3.31. The van der Waals surface area contributed by atoms with Crippen LogP contribution < -0.4 is 0 Å². The van der Waals surface area contributed by atoms with Crippen LogP contribution in [0.4, 0.5) is 4.79 Å². The fourth-order valence-corrected chi connectivity index (χ4v) is 2.06. The maximum Gasteiger partial charge on any atom is 0.409 e. The van der Waals surface area contributed by atoms with Gasteiger partial charge < -0.3 is 9.64 Å². The summed E-state index contributed by atoms with van der Waals surface area (Å²) in [6.45, 7) is 4.14. The maximum atomic E-state index is 11.3. The minimum absolute atomic E-state index is 0.127. The number of likely N-dealkylation sites (tertiary alicyclic amines) is 1. The minimum atomic E-state index is -0.127. The zero-order chi connectivity index (χ0) is 9.31. The lowest BCUT2D eigenvalue weighted by Gasteiger charge is -2.31. The molecule has 1 spiro atoms. The van der Waals surface area contributed by atoms with Gasteiger partial charge in [-0.3, -0.25) is 0 Å². The molecule has 3 nitrogen and oxygen atoms in total. The largest absolute Gasteiger partial charge is 0.450 e. The van der Waals surface area contributed by atoms with Gasteiger partial charge in [0.2, 0.25) is 0 Å². The van der Waals surface area contributed by atoms with E-state index in [4.69, 9.17) is 4.74 Å². The van der Waals surface area contributed by atoms with Crippen LogP contribution in [0.25, 0.3) is 0 Å². The van der Waals surface area contributed by atoms with Crippen molar-refractivity contribution in [2.75, 3.05) is 19.7 Å². The maximum absolute atomic E-state index is 11.3. The molecule has 3 heteroatoms. The van der Waals surface area contributed by atoms with Gasteiger partial charge in [0.1, 0.15) is 0 Å². The van der Waals surface area contributed by atoms with E-state index in [2.05, 4.69) is 0 Å². The molecule has 0 bridgehead atoms. The molecule has 74 valence electrons. The molecule has 1 aliphatic heterocycles. The molecular weight excluding hydrogens is 166 g/mol. The summed E-state index contributed by atoms with van der Waals surface area (Å²) in [5, 5.41) is 0. The summed E-state index contributed by atoms with van der Waals surface area (Å²) in [6, 6.07) is 0. The molecule has 0 atom stereocenters. The van der Waals surface area contributed by atoms with Gasteiger partial charge in [-0.2, -0.15) is 0 Å². The van der Waals surface area contributed by atoms with Gasteiger partial charge in [0.25, 0.3) is 0 Å². The normalized spacial score (nSPS) is 24.5. The van der Waals surface area contributed by atoms with Gasteiger partial charge in [-0.05, 0) is 38.0 Å². The molecule has 1 heterocycles. The van der Waals surface area contributed by atoms with Gasteiger partial charge in [-0.25, -0.2) is 4.79 Å². The average molecular weight is 183 g/mol. The van der Waals surface area contributed by atoms with E-state index in [-0.39, 0.29) is 6.09 Å². The molecule has 0 aromatic rings. The Bertz CT molecular complexity index is 201. The fraction of sp³-hybridized carbons (Fsp3) is 0.900. The van der Waals surface area contributed by atoms with Gasteiger partial charge in [-0.1, -0.05) is 0 Å². The topological polar surface area (TPSA) is 29.5 Å². The zero-order valence-electron chi connectivity index (χ0n) is 8.21. The molecule has 2 fully saturated rings. The number of carbonyl (C=O) groups excluding carboxylic acids is 1. The SMILES string of the molecule is CCOC(=O)N1CCC2(CC1)CC2. The third kappa shape index (κ3) is 1.79. The molecule has 0 aromatic carbocycles. The van der Waals surface area contributed by atoms with Crippen LogP contribution in [0.1, 0.15) is 32.6 Å². The second-order valence-electron chi connectivity index (χ2n) is 4.19. The lowest BCUT2D eigenvalue weighted by atomic mass is 9.94. The zero-order valence-corrected chi connectivity index (χ0v) is 8.21. The standard InChI is InChI=1S/C10H17NO2/c1-2-13-9(12)11-7-5-10(3-4-10)6-8-11/h2-8H2,1H3. The summed E-state index contributed by atoms with van der Waals surface area (Å²) in [5.41, 5.74) is 0.642. The van der Waals surface area contributed by atoms with E-state index in [0.717, 1.165) is 13.1 Å². The number of carbonyl (C=O) groups is 1. The highest BCUT2D eigenvalue weighted by Crippen LogP contribution is 2.53. The van der Waals surface area contributed by atoms with E-state index in [0.29, 0.717) is 12.0 Å². The van der Waals surface area contributed by atoms with Crippen molar-refractivity contribution in [1.29, 1.82) is 0 Å². The fourth-order valence-electron chi connectivity index (χ4n) is 2.06. The quantitative estimate of drug-likeness (QED) is 0.622. The Kier molecular flexibility index (Phi) is 2.18. The smallest absolute Gasteiger partial charge is 0.409 e. The molecular formula is C10H17NO2. The van der Waals surface area contributed by atoms with Gasteiger partial charge in [-0.15, -0.1) is 0 Å². The molecule has 0 N–H and O–H groups in total. The van der Waals surface area contributed by atoms with Crippen LogP contribution in [0.5, 0.6) is 0 Å². The Balaban J connectivity index is 1.80. The number of nitrogens with zero attached hydrogens (tertiary/aromatic N) is 1. The molecule has 0 aromatic heterocycles. The first-order chi connectivity index (χ1) is 6.26. The number of amides is 1. The van der Waals surface area contributed by atoms with Crippen LogP contribution in [-0.2, 0) is 4.74 Å². The highest BCUT2D eigenvalue weighted by atomic mass is 16.6. The van der Waals surface area contributed by atoms with Crippen molar-refractivity contribution in [3.8, 4) is 0 Å². The minimum Gasteiger partial charge on any atom is -0.450 e. The first kappa shape index (κ1) is 8.85. The Morgan fingerprint density at radius 1 is 1.31 bits per heavy atom. The van der Waals surface area contributed by atoms with Gasteiger partial charge in [0, 0.05) is 13.1 Å². The van der Waals surface area contributed by atoms with Crippen molar-refractivity contribution in [3.05, 3.63) is 0 Å². The predicted molar refractivity (Wildman–Crippen MR) is 49.5 cm³/mol. The number of hydrogen-bond acceptors (Lipinski definition) is 2. The van der Waals surface area contributed by atoms with Crippen LogP contribution >= 0.6 is 0 Å². The Labute approximate surface area is 79.0 Å². The third-order valence-corrected chi connectivity index (χ3v) is 3.31. The first-order valence-electron chi connectivity index (χ1n) is 5.17. The summed E-state index contributed by atoms with van der Waals surface area (Å²) in [4.78, 5) is 13.2. The predicted octanol–water partition coefficient (Wildman–Crippen LogP) is 2.02. The lowest BCUT2D eigenvalue weighted by Crippen LogP contribution is -2.39. The van der Waals surface area contributed by atoms with E-state index in [1.54, 1.807) is 0 Å². The van der Waals surface area contributed by atoms with E-state index in [1.165, 1.54) is 25.7 Å². The summed E-state index contributed by atoms with van der Waals surface area (Å²) >= 11 is 0. The van der Waals surface area contributed by atoms with Crippen LogP contribution in [-0.4, -0.2) is 30.7 Å². The Morgan fingerprint density at radius 2 is 1.92 bits per heavy atom. The van der Waals surface area contributed by atoms with Crippen molar-refractivity contribution in [2.45, 2.75) is 32.6 Å². The Hall–Kier alpha value is -0.730. The van der Waals surface area contributed by atoms with Crippen molar-refractivity contribution in [1.82, 2.24) is 4.90 Å². The van der Waals surface area contributed by atoms with Crippen molar-refractivity contribution in [3.63, 3.8) is 0 Å². The molecule has 0 radical (unpaired) electrons. The second kappa shape index (κ2) is 3.20. The Morgan fingerprint density at radius 3 is 2.38 bits per heavy atom. The van der Waals surface area contributed by atoms with E-state index < -0.39 is 0 Å². The molecule has 1 saturated heterocycles. The monoisotopic (exact) mass is 183 g/mol. The summed E-state index contributed by atoms with van der Waals surface area (Å²) in [6.07, 6.45) is 5.00. The van der Waals surface area contributed by atoms with Crippen LogP contribution in [0.3, 0.4) is 0 Å². The van der Waals surface area contributed by atoms with Crippen molar-refractivity contribution in [2.24, 2.45) is 5.41 Å². The highest BCUT2D eigenvalue weighted by Gasteiger charge is 2.45. The van der Waals surface area contributed by atoms with Gasteiger partial charge in [0.05, 0.1) is 6.61 Å². The molecule has 1 aliphatic carbocycles. The molecule has 13 heavy (non-hydrogen) atoms. The van der Waals surface area contributed by atoms with Gasteiger partial charge >= 0.3 is 6.09 Å². The van der Waals surface area contributed by atoms with E-state index in [9.17, 15) is 4.79 Å². The van der Waals surface area contributed by atoms with Crippen LogP contribution in [0.15, 0.2) is 0 Å². The molecule has 2 rings (SSSR count). The first-order valence-corrected chi connectivity index (χ1v) is 5.17. The lowest BCUT2D eigenvalue weighted by molar-refractivity contribution is 0.0891. The summed E-state index contributed by atoms with van der Waals surface area (Å²) in [5.74, 6) is 0. The van der Waals surface area contributed by atoms with E-state index >= 15 is 0 Å². The molecule has 1 amide bonds. The average Bonchev–Trinajstić information content (AvgIpc) is 2.87. The summed E-state index contributed by atoms with van der Waals surface area (Å²) < 4.78 is 4.96. The molecule has 2 aliphatic rings. The van der Waals surface area contributed by atoms with Crippen LogP contribution in [0, 0.1) is 5.41 Å². The number of ether oxygens (including phenoxy) is 1. The van der Waals surface area contributed by atoms with Crippen molar-refractivity contribution >= 4 is 6.09 Å². The van der Waals surface area contributed by atoms with Gasteiger partial charge in [0.15, 0.2) is 0 Å². The number of piperidine rings is 1. The second-order valence-corrected chi connectivity index (χ2v) is 4.19. The number of hydrogen-bond donors (Lipinski definition) is 0. The van der Waals surface area contributed by atoms with E-state index in [1.807, 2.05) is 11.8 Å². The van der Waals surface area contributed by atoms with Crippen molar-refractivity contribution < 1.29 is 9.53 Å². The molecule has 0 unspecified atom stereocenters. The molecule has 1 saturated carbocycles. The summed E-state index contributed by atoms with van der Waals surface area (Å²) in [7, 11) is 0.